The van der Waals surface area contributed by atoms with Crippen molar-refractivity contribution >= 4 is 34.4 Å². The zero-order valence-electron chi connectivity index (χ0n) is 22.8. The first-order valence-electron chi connectivity index (χ1n) is 13.5. The van der Waals surface area contributed by atoms with E-state index in [0.717, 1.165) is 27.6 Å². The second-order valence-corrected chi connectivity index (χ2v) is 9.56. The number of anilines is 2. The lowest BCUT2D eigenvalue weighted by atomic mass is 10.0. The minimum absolute atomic E-state index is 0.101. The van der Waals surface area contributed by atoms with E-state index in [2.05, 4.69) is 25.5 Å². The van der Waals surface area contributed by atoms with E-state index in [1.54, 1.807) is 13.1 Å². The van der Waals surface area contributed by atoms with Gasteiger partial charge in [0.1, 0.15) is 17.2 Å². The first-order valence-corrected chi connectivity index (χ1v) is 13.5. The van der Waals surface area contributed by atoms with Gasteiger partial charge in [-0.05, 0) is 36.2 Å². The van der Waals surface area contributed by atoms with E-state index >= 15 is 0 Å². The standard InChI is InChI=1S/C32H23N7O4/c1-2-42-31(41)29-36-37-32(43-29)35-27-25(22-15-16-23-21(18-22)14-9-17-33-23)30(40)39-28(34-27)24(19-10-5-3-6-11-19)26(38-39)20-12-7-4-8-13-20/h3-18,34H,2H2,1H3,(H,35,37). The Bertz CT molecular complexity index is 2170. The largest absolute Gasteiger partial charge is 0.459 e. The third-order valence-electron chi connectivity index (χ3n) is 6.89. The van der Waals surface area contributed by atoms with E-state index in [4.69, 9.17) is 14.3 Å². The van der Waals surface area contributed by atoms with Crippen LogP contribution in [0, 0.1) is 0 Å². The van der Waals surface area contributed by atoms with Crippen molar-refractivity contribution in [2.24, 2.45) is 0 Å². The number of fused-ring (bicyclic) bond motifs is 2. The second-order valence-electron chi connectivity index (χ2n) is 9.56. The Hall–Kier alpha value is -6.10. The fourth-order valence-electron chi connectivity index (χ4n) is 5.00. The fraction of sp³-hybridized carbons (Fsp3) is 0.0625. The lowest BCUT2D eigenvalue weighted by Crippen LogP contribution is -2.19. The molecule has 0 aliphatic carbocycles. The molecule has 210 valence electrons. The van der Waals surface area contributed by atoms with Crippen LogP contribution < -0.4 is 10.9 Å². The number of nitrogens with zero attached hydrogens (tertiary/aromatic N) is 5. The van der Waals surface area contributed by atoms with Crippen molar-refractivity contribution in [1.82, 2.24) is 29.8 Å². The van der Waals surface area contributed by atoms with Crippen LogP contribution in [0.15, 0.2) is 106 Å². The molecule has 43 heavy (non-hydrogen) atoms. The van der Waals surface area contributed by atoms with Gasteiger partial charge in [-0.15, -0.1) is 0 Å². The predicted molar refractivity (Wildman–Crippen MR) is 161 cm³/mol. The maximum atomic E-state index is 14.4. The van der Waals surface area contributed by atoms with Gasteiger partial charge in [0.15, 0.2) is 0 Å². The van der Waals surface area contributed by atoms with Gasteiger partial charge in [0.2, 0.25) is 0 Å². The molecule has 0 saturated carbocycles. The summed E-state index contributed by atoms with van der Waals surface area (Å²) in [5, 5.41) is 16.5. The molecule has 4 heterocycles. The molecule has 0 radical (unpaired) electrons. The molecular weight excluding hydrogens is 546 g/mol. The molecule has 11 nitrogen and oxygen atoms in total. The quantitative estimate of drug-likeness (QED) is 0.225. The van der Waals surface area contributed by atoms with Gasteiger partial charge in [-0.1, -0.05) is 83.0 Å². The summed E-state index contributed by atoms with van der Waals surface area (Å²) in [4.78, 5) is 34.3. The summed E-state index contributed by atoms with van der Waals surface area (Å²) in [6.45, 7) is 1.83. The summed E-state index contributed by atoms with van der Waals surface area (Å²) >= 11 is 0. The topological polar surface area (TPSA) is 140 Å². The van der Waals surface area contributed by atoms with Crippen molar-refractivity contribution in [2.75, 3.05) is 11.9 Å². The van der Waals surface area contributed by atoms with Crippen LogP contribution in [0.1, 0.15) is 17.6 Å². The van der Waals surface area contributed by atoms with Crippen molar-refractivity contribution < 1.29 is 13.9 Å². The van der Waals surface area contributed by atoms with E-state index in [0.29, 0.717) is 16.9 Å². The summed E-state index contributed by atoms with van der Waals surface area (Å²) in [5.41, 5.74) is 4.81. The number of benzene rings is 3. The number of esters is 1. The Morgan fingerprint density at radius 1 is 0.907 bits per heavy atom. The van der Waals surface area contributed by atoms with Gasteiger partial charge in [-0.3, -0.25) is 15.1 Å². The highest BCUT2D eigenvalue weighted by Crippen LogP contribution is 2.36. The number of ether oxygens (including phenoxy) is 1. The van der Waals surface area contributed by atoms with Gasteiger partial charge in [0.05, 0.1) is 23.3 Å². The first kappa shape index (κ1) is 25.8. The molecule has 0 fully saturated rings. The fourth-order valence-corrected chi connectivity index (χ4v) is 5.00. The summed E-state index contributed by atoms with van der Waals surface area (Å²) in [6, 6.07) is 28.6. The number of carbonyl (C=O) groups is 1. The summed E-state index contributed by atoms with van der Waals surface area (Å²) < 4.78 is 11.9. The normalized spacial score (nSPS) is 11.2. The number of H-pyrrole nitrogens is 1. The molecular formula is C32H23N7O4. The van der Waals surface area contributed by atoms with Crippen LogP contribution in [0.3, 0.4) is 0 Å². The molecule has 0 atom stereocenters. The zero-order chi connectivity index (χ0) is 29.3. The minimum Gasteiger partial charge on any atom is -0.459 e. The van der Waals surface area contributed by atoms with Crippen molar-refractivity contribution in [3.63, 3.8) is 0 Å². The van der Waals surface area contributed by atoms with Gasteiger partial charge in [-0.2, -0.15) is 9.61 Å². The Balaban J connectivity index is 1.49. The van der Waals surface area contributed by atoms with E-state index in [1.165, 1.54) is 4.52 Å². The molecule has 2 N–H and O–H groups in total. The lowest BCUT2D eigenvalue weighted by molar-refractivity contribution is 0.0481. The lowest BCUT2D eigenvalue weighted by Gasteiger charge is -2.12. The monoisotopic (exact) mass is 569 g/mol. The average Bonchev–Trinajstić information content (AvgIpc) is 3.67. The number of aromatic nitrogens is 6. The van der Waals surface area contributed by atoms with Crippen molar-refractivity contribution in [3.8, 4) is 33.5 Å². The molecule has 7 rings (SSSR count). The third-order valence-corrected chi connectivity index (χ3v) is 6.89. The van der Waals surface area contributed by atoms with Gasteiger partial charge in [0, 0.05) is 17.1 Å². The van der Waals surface area contributed by atoms with E-state index in [-0.39, 0.29) is 35.5 Å². The number of aromatic amines is 1. The number of carbonyl (C=O) groups excluding carboxylic acids is 1. The van der Waals surface area contributed by atoms with E-state index in [1.807, 2.05) is 91.0 Å². The van der Waals surface area contributed by atoms with Crippen LogP contribution in [0.2, 0.25) is 0 Å². The van der Waals surface area contributed by atoms with Gasteiger partial charge in [0.25, 0.3) is 5.56 Å². The molecule has 0 amide bonds. The molecule has 0 aliphatic heterocycles. The Morgan fingerprint density at radius 2 is 1.67 bits per heavy atom. The number of rotatable bonds is 7. The number of pyridine rings is 1. The first-order chi connectivity index (χ1) is 21.1. The van der Waals surface area contributed by atoms with Crippen molar-refractivity contribution in [2.45, 2.75) is 6.92 Å². The number of hydrogen-bond donors (Lipinski definition) is 2. The average molecular weight is 570 g/mol. The van der Waals surface area contributed by atoms with Crippen LogP contribution in [0.5, 0.6) is 0 Å². The number of nitrogens with one attached hydrogen (secondary N) is 2. The molecule has 0 unspecified atom stereocenters. The summed E-state index contributed by atoms with van der Waals surface area (Å²) in [6.07, 6.45) is 1.71. The smallest absolute Gasteiger partial charge is 0.396 e. The van der Waals surface area contributed by atoms with Crippen molar-refractivity contribution in [3.05, 3.63) is 113 Å². The van der Waals surface area contributed by atoms with Gasteiger partial charge < -0.3 is 14.1 Å². The third kappa shape index (κ3) is 4.68. The second kappa shape index (κ2) is 10.7. The molecule has 7 aromatic rings. The Morgan fingerprint density at radius 3 is 2.44 bits per heavy atom. The summed E-state index contributed by atoms with van der Waals surface area (Å²) in [7, 11) is 0. The van der Waals surface area contributed by atoms with Crippen LogP contribution in [0.25, 0.3) is 50.1 Å². The van der Waals surface area contributed by atoms with Crippen LogP contribution in [-0.4, -0.2) is 42.4 Å². The van der Waals surface area contributed by atoms with Crippen molar-refractivity contribution in [1.29, 1.82) is 0 Å². The molecule has 0 bridgehead atoms. The molecule has 3 aromatic carbocycles. The van der Waals surface area contributed by atoms with Crippen LogP contribution in [-0.2, 0) is 4.74 Å². The molecule has 0 aliphatic rings. The number of hydrogen-bond acceptors (Lipinski definition) is 9. The molecule has 0 saturated heterocycles. The summed E-state index contributed by atoms with van der Waals surface area (Å²) in [5.74, 6) is -0.785. The van der Waals surface area contributed by atoms with Gasteiger partial charge in [-0.25, -0.2) is 4.79 Å². The minimum atomic E-state index is -0.746. The Labute approximate surface area is 243 Å². The highest BCUT2D eigenvalue weighted by atomic mass is 16.5. The highest BCUT2D eigenvalue weighted by Gasteiger charge is 2.24. The van der Waals surface area contributed by atoms with Crippen LogP contribution in [0.4, 0.5) is 11.8 Å². The van der Waals surface area contributed by atoms with Crippen LogP contribution >= 0.6 is 0 Å². The molecule has 11 heteroatoms. The van der Waals surface area contributed by atoms with E-state index < -0.39 is 5.97 Å². The Kier molecular flexibility index (Phi) is 6.44. The maximum Gasteiger partial charge on any atom is 0.396 e. The predicted octanol–water partition coefficient (Wildman–Crippen LogP) is 5.88. The molecule has 4 aromatic heterocycles. The van der Waals surface area contributed by atoms with E-state index in [9.17, 15) is 9.59 Å². The maximum absolute atomic E-state index is 14.4. The molecule has 0 spiro atoms. The zero-order valence-corrected chi connectivity index (χ0v) is 22.8. The van der Waals surface area contributed by atoms with Gasteiger partial charge >= 0.3 is 17.9 Å². The highest BCUT2D eigenvalue weighted by molar-refractivity contribution is 5.93. The SMILES string of the molecule is CCOC(=O)c1nnc(Nc2[nH]c3c(-c4ccccc4)c(-c4ccccc4)nn3c(=O)c2-c2ccc3ncccc3c2)o1.